The Labute approximate surface area is 230 Å². The van der Waals surface area contributed by atoms with Gasteiger partial charge < -0.3 is 31.1 Å². The van der Waals surface area contributed by atoms with E-state index in [1.807, 2.05) is 69.1 Å². The molecular weight excluding hydrogens is 496 g/mol. The minimum Gasteiger partial charge on any atom is -0.364 e. The van der Waals surface area contributed by atoms with Crippen LogP contribution < -0.4 is 21.3 Å². The number of nitrogens with two attached hydrogens (primary N) is 1. The van der Waals surface area contributed by atoms with Gasteiger partial charge in [0.1, 0.15) is 0 Å². The number of hydrogen-bond donors (Lipinski definition) is 3. The molecule has 0 spiro atoms. The highest BCUT2D eigenvalue weighted by Crippen LogP contribution is 2.25. The Morgan fingerprint density at radius 3 is 2.49 bits per heavy atom. The van der Waals surface area contributed by atoms with E-state index < -0.39 is 5.91 Å². The molecule has 0 bridgehead atoms. The number of amides is 3. The van der Waals surface area contributed by atoms with E-state index in [2.05, 4.69) is 26.5 Å². The normalized spacial score (nSPS) is 10.9. The molecule has 0 saturated carbocycles. The zero-order chi connectivity index (χ0) is 29.1. The second-order valence-corrected chi connectivity index (χ2v) is 9.59. The van der Waals surface area contributed by atoms with Gasteiger partial charge >= 0.3 is 0 Å². The number of rotatable bonds is 13. The average Bonchev–Trinajstić information content (AvgIpc) is 2.87. The van der Waals surface area contributed by atoms with E-state index in [0.717, 1.165) is 5.56 Å². The molecule has 4 N–H and O–H groups in total. The number of terminal acetylenes is 1. The molecule has 2 rings (SSSR count). The van der Waals surface area contributed by atoms with E-state index >= 15 is 0 Å². The zero-order valence-corrected chi connectivity index (χ0v) is 23.5. The van der Waals surface area contributed by atoms with Crippen LogP contribution in [-0.4, -0.2) is 91.4 Å². The Morgan fingerprint density at radius 2 is 1.87 bits per heavy atom. The first kappa shape index (κ1) is 30.8. The molecule has 0 atom stereocenters. The molecule has 1 heterocycles. The molecule has 0 aliphatic carbocycles. The summed E-state index contributed by atoms with van der Waals surface area (Å²) in [7, 11) is 7.24. The van der Waals surface area contributed by atoms with Crippen LogP contribution in [-0.2, 0) is 16.0 Å². The molecule has 208 valence electrons. The maximum atomic E-state index is 12.3. The topological polar surface area (TPSA) is 137 Å². The Hall–Kier alpha value is -4.43. The quantitative estimate of drug-likeness (QED) is 0.259. The Bertz CT molecular complexity index is 1250. The van der Waals surface area contributed by atoms with Gasteiger partial charge in [0.2, 0.25) is 11.8 Å². The lowest BCUT2D eigenvalue weighted by atomic mass is 10.1. The number of benzene rings is 1. The van der Waals surface area contributed by atoms with Gasteiger partial charge in [-0.1, -0.05) is 18.2 Å². The van der Waals surface area contributed by atoms with Crippen LogP contribution in [0.25, 0.3) is 0 Å². The predicted molar refractivity (Wildman–Crippen MR) is 154 cm³/mol. The number of anilines is 3. The third kappa shape index (κ3) is 9.43. The van der Waals surface area contributed by atoms with Crippen molar-refractivity contribution in [1.29, 1.82) is 0 Å². The predicted octanol–water partition coefficient (Wildman–Crippen LogP) is 1.38. The fourth-order valence-corrected chi connectivity index (χ4v) is 3.40. The number of carbonyl (C=O) groups excluding carboxylic acids is 3. The van der Waals surface area contributed by atoms with E-state index in [4.69, 9.17) is 12.2 Å². The van der Waals surface area contributed by atoms with Gasteiger partial charge in [-0.15, -0.1) is 6.42 Å². The summed E-state index contributed by atoms with van der Waals surface area (Å²) >= 11 is 0. The molecule has 11 nitrogen and oxygen atoms in total. The molecule has 0 saturated heterocycles. The third-order valence-corrected chi connectivity index (χ3v) is 5.77. The number of likely N-dealkylation sites (N-methyl/N-ethyl adjacent to an activating group) is 2. The molecule has 1 aromatic heterocycles. The summed E-state index contributed by atoms with van der Waals surface area (Å²) in [6.07, 6.45) is 9.38. The Morgan fingerprint density at radius 1 is 1.15 bits per heavy atom. The molecule has 0 aliphatic rings. The molecule has 1 aromatic carbocycles. The van der Waals surface area contributed by atoms with E-state index in [1.54, 1.807) is 13.1 Å². The van der Waals surface area contributed by atoms with E-state index in [1.165, 1.54) is 11.0 Å². The average molecular weight is 535 g/mol. The van der Waals surface area contributed by atoms with Crippen LogP contribution in [0.2, 0.25) is 0 Å². The highest BCUT2D eigenvalue weighted by Gasteiger charge is 2.20. The van der Waals surface area contributed by atoms with Crippen molar-refractivity contribution in [2.24, 2.45) is 5.73 Å². The molecule has 39 heavy (non-hydrogen) atoms. The van der Waals surface area contributed by atoms with Gasteiger partial charge in [-0.05, 0) is 58.0 Å². The molecule has 3 amide bonds. The third-order valence-electron chi connectivity index (χ3n) is 5.77. The minimum absolute atomic E-state index is 0.0396. The highest BCUT2D eigenvalue weighted by atomic mass is 16.2. The van der Waals surface area contributed by atoms with Gasteiger partial charge in [0, 0.05) is 45.0 Å². The SMILES string of the molecule is C#Cc1nc(C(N)=O)c(Nc2cccc(CCNC(=O)CN(C)C(=O)/C=C/CN(C)C)c2)nc1N(C)C(C)C. The van der Waals surface area contributed by atoms with Gasteiger partial charge in [-0.3, -0.25) is 14.4 Å². The number of nitrogens with zero attached hydrogens (tertiary/aromatic N) is 5. The van der Waals surface area contributed by atoms with Crippen molar-refractivity contribution < 1.29 is 14.4 Å². The summed E-state index contributed by atoms with van der Waals surface area (Å²) in [4.78, 5) is 50.5. The number of hydrogen-bond acceptors (Lipinski definition) is 8. The van der Waals surface area contributed by atoms with E-state index in [-0.39, 0.29) is 41.6 Å². The maximum Gasteiger partial charge on any atom is 0.271 e. The summed E-state index contributed by atoms with van der Waals surface area (Å²) in [5.74, 6) is 1.89. The molecule has 2 aromatic rings. The summed E-state index contributed by atoms with van der Waals surface area (Å²) in [6.45, 7) is 4.95. The number of primary amides is 1. The van der Waals surface area contributed by atoms with E-state index in [0.29, 0.717) is 31.0 Å². The first-order chi connectivity index (χ1) is 18.4. The van der Waals surface area contributed by atoms with Crippen molar-refractivity contribution in [2.45, 2.75) is 26.3 Å². The summed E-state index contributed by atoms with van der Waals surface area (Å²) in [5.41, 5.74) is 7.33. The minimum atomic E-state index is -0.754. The second kappa shape index (κ2) is 14.5. The van der Waals surface area contributed by atoms with Crippen LogP contribution in [0.1, 0.15) is 35.6 Å². The van der Waals surface area contributed by atoms with E-state index in [9.17, 15) is 14.4 Å². The lowest BCUT2D eigenvalue weighted by Gasteiger charge is -2.24. The summed E-state index contributed by atoms with van der Waals surface area (Å²) in [5, 5.41) is 5.96. The van der Waals surface area contributed by atoms with Gasteiger partial charge in [0.25, 0.3) is 5.91 Å². The summed E-state index contributed by atoms with van der Waals surface area (Å²) < 4.78 is 0. The van der Waals surface area contributed by atoms with Crippen LogP contribution in [0, 0.1) is 12.3 Å². The second-order valence-electron chi connectivity index (χ2n) is 9.59. The Kier molecular flexibility index (Phi) is 11.4. The zero-order valence-electron chi connectivity index (χ0n) is 23.5. The largest absolute Gasteiger partial charge is 0.364 e. The molecular formula is C28H38N8O3. The monoisotopic (exact) mass is 534 g/mol. The lowest BCUT2D eigenvalue weighted by molar-refractivity contribution is -0.131. The Balaban J connectivity index is 2.06. The fraction of sp³-hybridized carbons (Fsp3) is 0.393. The van der Waals surface area contributed by atoms with Gasteiger partial charge in [-0.25, -0.2) is 9.97 Å². The van der Waals surface area contributed by atoms with Crippen LogP contribution in [0.15, 0.2) is 36.4 Å². The van der Waals surface area contributed by atoms with Crippen LogP contribution >= 0.6 is 0 Å². The maximum absolute atomic E-state index is 12.3. The van der Waals surface area contributed by atoms with Crippen molar-refractivity contribution >= 4 is 35.0 Å². The summed E-state index contributed by atoms with van der Waals surface area (Å²) in [6, 6.07) is 7.56. The number of nitrogens with one attached hydrogen (secondary N) is 2. The van der Waals surface area contributed by atoms with Gasteiger partial charge in [-0.2, -0.15) is 0 Å². The van der Waals surface area contributed by atoms with Crippen LogP contribution in [0.4, 0.5) is 17.3 Å². The van der Waals surface area contributed by atoms with Crippen molar-refractivity contribution in [3.8, 4) is 12.3 Å². The standard InChI is InChI=1S/C28H38N8O3/c1-8-22-28(36(7)19(2)3)33-27(25(32-22)26(29)39)31-21-12-9-11-20(17-21)14-15-30-23(37)18-35(6)24(38)13-10-16-34(4)5/h1,9-13,17,19H,14-16,18H2,2-7H3,(H2,29,39)(H,30,37)(H,31,33)/b13-10+. The van der Waals surface area contributed by atoms with Gasteiger partial charge in [0.05, 0.1) is 6.54 Å². The van der Waals surface area contributed by atoms with Crippen molar-refractivity contribution in [2.75, 3.05) is 58.0 Å². The van der Waals surface area contributed by atoms with Gasteiger partial charge in [0.15, 0.2) is 23.0 Å². The number of carbonyl (C=O) groups is 3. The number of aromatic nitrogens is 2. The van der Waals surface area contributed by atoms with Crippen LogP contribution in [0.5, 0.6) is 0 Å². The first-order valence-corrected chi connectivity index (χ1v) is 12.5. The van der Waals surface area contributed by atoms with Crippen molar-refractivity contribution in [3.05, 3.63) is 53.4 Å². The molecule has 0 aliphatic heterocycles. The van der Waals surface area contributed by atoms with Crippen molar-refractivity contribution in [1.82, 2.24) is 25.1 Å². The van der Waals surface area contributed by atoms with Crippen molar-refractivity contribution in [3.63, 3.8) is 0 Å². The van der Waals surface area contributed by atoms with Crippen LogP contribution in [0.3, 0.4) is 0 Å². The molecule has 0 unspecified atom stereocenters. The lowest BCUT2D eigenvalue weighted by Crippen LogP contribution is -2.38. The molecule has 0 radical (unpaired) electrons. The highest BCUT2D eigenvalue weighted by molar-refractivity contribution is 5.97. The smallest absolute Gasteiger partial charge is 0.271 e. The molecule has 0 fully saturated rings. The molecule has 11 heteroatoms. The fourth-order valence-electron chi connectivity index (χ4n) is 3.40. The first-order valence-electron chi connectivity index (χ1n) is 12.5.